The zero-order valence-corrected chi connectivity index (χ0v) is 19.5. The van der Waals surface area contributed by atoms with Gasteiger partial charge in [0.05, 0.1) is 18.6 Å². The van der Waals surface area contributed by atoms with Crippen molar-refractivity contribution in [2.75, 3.05) is 18.2 Å². The first-order chi connectivity index (χ1) is 14.9. The number of carbonyl (C=O) groups excluding carboxylic acids is 1. The molecule has 0 unspecified atom stereocenters. The van der Waals surface area contributed by atoms with E-state index in [1.54, 1.807) is 18.2 Å². The maximum Gasteiger partial charge on any atom is 0.234 e. The molecule has 3 aromatic rings. The SMILES string of the molecule is CCc1ccc(O[C@H](C)c2nnc(SCC(=O)Nc3cc(Cl)ccc3OC)n2C)cc1. The molecular weight excluding hydrogens is 436 g/mol. The number of anilines is 1. The predicted octanol–water partition coefficient (Wildman–Crippen LogP) is 4.91. The standard InChI is InChI=1S/C22H25ClN4O3S/c1-5-15-6-9-17(10-7-15)30-14(2)21-25-26-22(27(21)3)31-13-20(28)24-18-12-16(23)8-11-19(18)29-4/h6-12,14H,5,13H2,1-4H3,(H,24,28)/t14-/m1/s1. The third kappa shape index (κ3) is 5.92. The average molecular weight is 461 g/mol. The van der Waals surface area contributed by atoms with Crippen LogP contribution in [0.2, 0.25) is 5.02 Å². The van der Waals surface area contributed by atoms with Crippen LogP contribution in [0, 0.1) is 0 Å². The van der Waals surface area contributed by atoms with E-state index in [-0.39, 0.29) is 17.8 Å². The number of halogens is 1. The van der Waals surface area contributed by atoms with Crippen molar-refractivity contribution in [3.8, 4) is 11.5 Å². The lowest BCUT2D eigenvalue weighted by Crippen LogP contribution is -2.15. The van der Waals surface area contributed by atoms with Gasteiger partial charge >= 0.3 is 0 Å². The molecule has 1 heterocycles. The second kappa shape index (κ2) is 10.5. The third-order valence-corrected chi connectivity index (χ3v) is 5.90. The Morgan fingerprint density at radius 2 is 1.97 bits per heavy atom. The van der Waals surface area contributed by atoms with E-state index in [1.165, 1.54) is 24.4 Å². The lowest BCUT2D eigenvalue weighted by Gasteiger charge is -2.14. The van der Waals surface area contributed by atoms with E-state index in [1.807, 2.05) is 42.8 Å². The molecule has 1 amide bonds. The molecule has 3 rings (SSSR count). The molecule has 0 aliphatic rings. The van der Waals surface area contributed by atoms with Crippen molar-refractivity contribution < 1.29 is 14.3 Å². The summed E-state index contributed by atoms with van der Waals surface area (Å²) >= 11 is 7.30. The molecule has 0 aliphatic carbocycles. The van der Waals surface area contributed by atoms with Crippen LogP contribution in [-0.2, 0) is 18.3 Å². The van der Waals surface area contributed by atoms with E-state index < -0.39 is 0 Å². The fraction of sp³-hybridized carbons (Fsp3) is 0.318. The highest BCUT2D eigenvalue weighted by atomic mass is 35.5. The molecule has 0 fully saturated rings. The minimum atomic E-state index is -0.288. The molecule has 1 aromatic heterocycles. The van der Waals surface area contributed by atoms with E-state index in [4.69, 9.17) is 21.1 Å². The van der Waals surface area contributed by atoms with Crippen LogP contribution in [0.1, 0.15) is 31.3 Å². The van der Waals surface area contributed by atoms with Crippen molar-refractivity contribution in [1.29, 1.82) is 0 Å². The molecule has 0 spiro atoms. The number of rotatable bonds is 9. The number of nitrogens with one attached hydrogen (secondary N) is 1. The highest BCUT2D eigenvalue weighted by Crippen LogP contribution is 2.28. The van der Waals surface area contributed by atoms with Crippen LogP contribution in [-0.4, -0.2) is 33.5 Å². The molecule has 0 saturated heterocycles. The Morgan fingerprint density at radius 3 is 2.65 bits per heavy atom. The van der Waals surface area contributed by atoms with Gasteiger partial charge < -0.3 is 19.4 Å². The molecule has 164 valence electrons. The van der Waals surface area contributed by atoms with Crippen LogP contribution >= 0.6 is 23.4 Å². The zero-order chi connectivity index (χ0) is 22.4. The molecule has 0 bridgehead atoms. The molecule has 2 aromatic carbocycles. The van der Waals surface area contributed by atoms with E-state index in [2.05, 4.69) is 22.4 Å². The lowest BCUT2D eigenvalue weighted by molar-refractivity contribution is -0.113. The largest absolute Gasteiger partial charge is 0.495 e. The Balaban J connectivity index is 1.59. The van der Waals surface area contributed by atoms with Gasteiger partial charge in [0, 0.05) is 12.1 Å². The minimum Gasteiger partial charge on any atom is -0.495 e. The van der Waals surface area contributed by atoms with Gasteiger partial charge in [-0.3, -0.25) is 4.79 Å². The Labute approximate surface area is 191 Å². The Hall–Kier alpha value is -2.71. The summed E-state index contributed by atoms with van der Waals surface area (Å²) in [6.07, 6.45) is 0.695. The normalized spacial score (nSPS) is 11.8. The van der Waals surface area contributed by atoms with Crippen molar-refractivity contribution >= 4 is 35.0 Å². The van der Waals surface area contributed by atoms with Crippen LogP contribution in [0.3, 0.4) is 0 Å². The second-order valence-electron chi connectivity index (χ2n) is 6.84. The van der Waals surface area contributed by atoms with Crippen LogP contribution in [0.5, 0.6) is 11.5 Å². The molecule has 31 heavy (non-hydrogen) atoms. The summed E-state index contributed by atoms with van der Waals surface area (Å²) in [5, 5.41) is 12.4. The first kappa shape index (κ1) is 23.0. The monoisotopic (exact) mass is 460 g/mol. The van der Waals surface area contributed by atoms with Gasteiger partial charge in [0.1, 0.15) is 11.5 Å². The van der Waals surface area contributed by atoms with Gasteiger partial charge in [-0.05, 0) is 49.2 Å². The number of nitrogens with zero attached hydrogens (tertiary/aromatic N) is 3. The first-order valence-electron chi connectivity index (χ1n) is 9.82. The van der Waals surface area contributed by atoms with Crippen molar-refractivity contribution in [3.05, 3.63) is 58.9 Å². The Bertz CT molecular complexity index is 1040. The maximum atomic E-state index is 12.4. The maximum absolute atomic E-state index is 12.4. The number of aromatic nitrogens is 3. The van der Waals surface area contributed by atoms with Gasteiger partial charge in [-0.25, -0.2) is 0 Å². The summed E-state index contributed by atoms with van der Waals surface area (Å²) in [6, 6.07) is 13.1. The highest BCUT2D eigenvalue weighted by Gasteiger charge is 2.18. The fourth-order valence-electron chi connectivity index (χ4n) is 2.96. The van der Waals surface area contributed by atoms with Gasteiger partial charge in [-0.1, -0.05) is 42.4 Å². The molecule has 1 atom stereocenters. The van der Waals surface area contributed by atoms with Crippen LogP contribution in [0.15, 0.2) is 47.6 Å². The van der Waals surface area contributed by atoms with Crippen molar-refractivity contribution in [3.63, 3.8) is 0 Å². The Kier molecular flexibility index (Phi) is 7.81. The van der Waals surface area contributed by atoms with Gasteiger partial charge in [-0.2, -0.15) is 0 Å². The van der Waals surface area contributed by atoms with Crippen LogP contribution in [0.4, 0.5) is 5.69 Å². The Morgan fingerprint density at radius 1 is 1.23 bits per heavy atom. The van der Waals surface area contributed by atoms with E-state index in [0.29, 0.717) is 27.4 Å². The van der Waals surface area contributed by atoms with Crippen molar-refractivity contribution in [1.82, 2.24) is 14.8 Å². The molecule has 0 saturated carbocycles. The topological polar surface area (TPSA) is 78.3 Å². The fourth-order valence-corrected chi connectivity index (χ4v) is 3.85. The molecule has 0 aliphatic heterocycles. The van der Waals surface area contributed by atoms with Crippen molar-refractivity contribution in [2.45, 2.75) is 31.5 Å². The van der Waals surface area contributed by atoms with Crippen LogP contribution in [0.25, 0.3) is 0 Å². The second-order valence-corrected chi connectivity index (χ2v) is 8.22. The van der Waals surface area contributed by atoms with Gasteiger partial charge in [0.15, 0.2) is 17.1 Å². The quantitative estimate of drug-likeness (QED) is 0.457. The zero-order valence-electron chi connectivity index (χ0n) is 17.9. The van der Waals surface area contributed by atoms with Gasteiger partial charge in [0.25, 0.3) is 0 Å². The smallest absolute Gasteiger partial charge is 0.234 e. The van der Waals surface area contributed by atoms with Gasteiger partial charge in [0.2, 0.25) is 5.91 Å². The number of benzene rings is 2. The predicted molar refractivity (Wildman–Crippen MR) is 123 cm³/mol. The van der Waals surface area contributed by atoms with Crippen molar-refractivity contribution in [2.24, 2.45) is 7.05 Å². The number of methoxy groups -OCH3 is 1. The van der Waals surface area contributed by atoms with Crippen LogP contribution < -0.4 is 14.8 Å². The summed E-state index contributed by atoms with van der Waals surface area (Å²) in [4.78, 5) is 12.4. The summed E-state index contributed by atoms with van der Waals surface area (Å²) in [6.45, 7) is 4.04. The summed E-state index contributed by atoms with van der Waals surface area (Å²) < 4.78 is 13.1. The first-order valence-corrected chi connectivity index (χ1v) is 11.2. The molecule has 7 nitrogen and oxygen atoms in total. The third-order valence-electron chi connectivity index (χ3n) is 4.64. The van der Waals surface area contributed by atoms with Gasteiger partial charge in [-0.15, -0.1) is 10.2 Å². The number of amides is 1. The number of hydrogen-bond donors (Lipinski definition) is 1. The number of aryl methyl sites for hydroxylation is 1. The summed E-state index contributed by atoms with van der Waals surface area (Å²) in [7, 11) is 3.39. The molecule has 9 heteroatoms. The van der Waals surface area contributed by atoms with E-state index in [0.717, 1.165) is 12.2 Å². The number of thioether (sulfide) groups is 1. The van der Waals surface area contributed by atoms with E-state index in [9.17, 15) is 4.79 Å². The lowest BCUT2D eigenvalue weighted by atomic mass is 10.2. The number of ether oxygens (including phenoxy) is 2. The number of carbonyl (C=O) groups is 1. The summed E-state index contributed by atoms with van der Waals surface area (Å²) in [5.41, 5.74) is 1.78. The minimum absolute atomic E-state index is 0.162. The number of hydrogen-bond acceptors (Lipinski definition) is 6. The van der Waals surface area contributed by atoms with E-state index >= 15 is 0 Å². The molecular formula is C22H25ClN4O3S. The highest BCUT2D eigenvalue weighted by molar-refractivity contribution is 7.99. The average Bonchev–Trinajstić information content (AvgIpc) is 3.13. The molecule has 1 N–H and O–H groups in total. The molecule has 0 radical (unpaired) electrons. The summed E-state index contributed by atoms with van der Waals surface area (Å²) in [5.74, 6) is 1.96.